The Morgan fingerprint density at radius 2 is 2.09 bits per heavy atom. The van der Waals surface area contributed by atoms with Crippen molar-refractivity contribution in [3.63, 3.8) is 0 Å². The molecule has 2 aliphatic heterocycles. The number of aliphatic hydroxyl groups excluding tert-OH is 1. The number of fused-ring (bicyclic) bond motifs is 2. The molecule has 1 aromatic carbocycles. The highest BCUT2D eigenvalue weighted by molar-refractivity contribution is 14.1. The third-order valence-electron chi connectivity index (χ3n) is 4.79. The maximum absolute atomic E-state index is 10.4. The van der Waals surface area contributed by atoms with Gasteiger partial charge in [-0.1, -0.05) is 24.2 Å². The Labute approximate surface area is 145 Å². The smallest absolute Gasteiger partial charge is 0.106 e. The lowest BCUT2D eigenvalue weighted by Gasteiger charge is -2.38. The maximum Gasteiger partial charge on any atom is 0.106 e. The standard InChI is InChI=1S/C17H22INO3/c1-3-14(19-21-2)16-13(10-4-6-11(18)7-5-10)8-12-9-15(20)17(16)22-12/h4-7,12-13,15-17,20H,3,8-9H2,1-2H3/t12?,13-,15?,16+,17+/m0/s1. The van der Waals surface area contributed by atoms with Gasteiger partial charge < -0.3 is 14.7 Å². The molecule has 22 heavy (non-hydrogen) atoms. The number of rotatable bonds is 4. The Morgan fingerprint density at radius 1 is 1.36 bits per heavy atom. The summed E-state index contributed by atoms with van der Waals surface area (Å²) in [7, 11) is 1.58. The van der Waals surface area contributed by atoms with Crippen LogP contribution >= 0.6 is 22.6 Å². The largest absolute Gasteiger partial charge is 0.399 e. The van der Waals surface area contributed by atoms with Crippen molar-refractivity contribution in [1.29, 1.82) is 0 Å². The second-order valence-electron chi connectivity index (χ2n) is 6.06. The van der Waals surface area contributed by atoms with Gasteiger partial charge in [0.15, 0.2) is 0 Å². The summed E-state index contributed by atoms with van der Waals surface area (Å²) >= 11 is 2.32. The molecule has 2 heterocycles. The summed E-state index contributed by atoms with van der Waals surface area (Å²) < 4.78 is 7.27. The third kappa shape index (κ3) is 3.03. The van der Waals surface area contributed by atoms with Gasteiger partial charge in [0.2, 0.25) is 0 Å². The van der Waals surface area contributed by atoms with E-state index in [0.29, 0.717) is 5.92 Å². The van der Waals surface area contributed by atoms with E-state index in [1.54, 1.807) is 7.11 Å². The molecule has 3 rings (SSSR count). The average Bonchev–Trinajstić information content (AvgIpc) is 2.81. The summed E-state index contributed by atoms with van der Waals surface area (Å²) in [4.78, 5) is 5.04. The highest BCUT2D eigenvalue weighted by Gasteiger charge is 2.50. The Kier molecular flexibility index (Phi) is 5.04. The van der Waals surface area contributed by atoms with Crippen LogP contribution in [-0.2, 0) is 9.57 Å². The molecule has 0 spiro atoms. The van der Waals surface area contributed by atoms with Crippen molar-refractivity contribution in [3.8, 4) is 0 Å². The molecule has 1 N–H and O–H groups in total. The summed E-state index contributed by atoms with van der Waals surface area (Å²) in [5.74, 6) is 0.408. The SMILES string of the molecule is CCC(=NOC)[C@@H]1[C@@H]2OC(CC2O)C[C@H]1c1ccc(I)cc1. The van der Waals surface area contributed by atoms with Crippen LogP contribution in [0.1, 0.15) is 37.7 Å². The minimum Gasteiger partial charge on any atom is -0.399 e. The Balaban J connectivity index is 1.98. The molecular formula is C17H22INO3. The van der Waals surface area contributed by atoms with Gasteiger partial charge in [0.1, 0.15) is 7.11 Å². The fourth-order valence-corrected chi connectivity index (χ4v) is 4.22. The van der Waals surface area contributed by atoms with Gasteiger partial charge in [0, 0.05) is 15.9 Å². The highest BCUT2D eigenvalue weighted by Crippen LogP contribution is 2.46. The van der Waals surface area contributed by atoms with E-state index in [1.807, 2.05) is 0 Å². The third-order valence-corrected chi connectivity index (χ3v) is 5.51. The van der Waals surface area contributed by atoms with Crippen molar-refractivity contribution in [2.24, 2.45) is 11.1 Å². The van der Waals surface area contributed by atoms with Crippen molar-refractivity contribution in [3.05, 3.63) is 33.4 Å². The molecule has 5 atom stereocenters. The lowest BCUT2D eigenvalue weighted by molar-refractivity contribution is -0.0509. The maximum atomic E-state index is 10.4. The average molecular weight is 415 g/mol. The molecule has 2 saturated heterocycles. The molecule has 1 aromatic rings. The number of benzene rings is 1. The van der Waals surface area contributed by atoms with Crippen LogP contribution in [0, 0.1) is 9.49 Å². The molecule has 0 radical (unpaired) electrons. The van der Waals surface area contributed by atoms with E-state index < -0.39 is 6.10 Å². The van der Waals surface area contributed by atoms with E-state index in [2.05, 4.69) is 58.9 Å². The fraction of sp³-hybridized carbons (Fsp3) is 0.588. The summed E-state index contributed by atoms with van der Waals surface area (Å²) in [6.45, 7) is 2.08. The lowest BCUT2D eigenvalue weighted by Crippen LogP contribution is -2.42. The van der Waals surface area contributed by atoms with Gasteiger partial charge in [0.25, 0.3) is 0 Å². The number of nitrogens with zero attached hydrogens (tertiary/aromatic N) is 1. The summed E-state index contributed by atoms with van der Waals surface area (Å²) in [6, 6.07) is 8.66. The molecule has 2 unspecified atom stereocenters. The second-order valence-corrected chi connectivity index (χ2v) is 7.31. The molecule has 4 nitrogen and oxygen atoms in total. The van der Waals surface area contributed by atoms with E-state index in [0.717, 1.165) is 25.0 Å². The van der Waals surface area contributed by atoms with Gasteiger partial charge in [-0.2, -0.15) is 0 Å². The van der Waals surface area contributed by atoms with Gasteiger partial charge in [-0.15, -0.1) is 0 Å². The van der Waals surface area contributed by atoms with Crippen molar-refractivity contribution in [1.82, 2.24) is 0 Å². The molecule has 2 aliphatic rings. The van der Waals surface area contributed by atoms with Gasteiger partial charge in [-0.25, -0.2) is 0 Å². The number of ether oxygens (including phenoxy) is 1. The number of oxime groups is 1. The van der Waals surface area contributed by atoms with Gasteiger partial charge in [-0.3, -0.25) is 0 Å². The zero-order chi connectivity index (χ0) is 15.7. The predicted molar refractivity (Wildman–Crippen MR) is 94.0 cm³/mol. The summed E-state index contributed by atoms with van der Waals surface area (Å²) in [6.07, 6.45) is 2.04. The van der Waals surface area contributed by atoms with Crippen LogP contribution in [0.4, 0.5) is 0 Å². The minimum absolute atomic E-state index is 0.0822. The monoisotopic (exact) mass is 415 g/mol. The molecule has 0 aromatic heterocycles. The van der Waals surface area contributed by atoms with Crippen LogP contribution in [0.2, 0.25) is 0 Å². The minimum atomic E-state index is -0.405. The lowest BCUT2D eigenvalue weighted by atomic mass is 9.75. The molecule has 0 saturated carbocycles. The number of hydrogen-bond acceptors (Lipinski definition) is 4. The van der Waals surface area contributed by atoms with Crippen molar-refractivity contribution < 1.29 is 14.7 Å². The van der Waals surface area contributed by atoms with Gasteiger partial charge >= 0.3 is 0 Å². The Morgan fingerprint density at radius 3 is 2.73 bits per heavy atom. The van der Waals surface area contributed by atoms with Crippen molar-refractivity contribution >= 4 is 28.3 Å². The molecule has 120 valence electrons. The van der Waals surface area contributed by atoms with Crippen molar-refractivity contribution in [2.45, 2.75) is 50.4 Å². The number of hydrogen-bond donors (Lipinski definition) is 1. The molecule has 2 bridgehead atoms. The quantitative estimate of drug-likeness (QED) is 0.467. The Bertz CT molecular complexity index is 545. The normalized spacial score (nSPS) is 34.7. The van der Waals surface area contributed by atoms with Crippen LogP contribution in [0.25, 0.3) is 0 Å². The highest BCUT2D eigenvalue weighted by atomic mass is 127. The van der Waals surface area contributed by atoms with E-state index in [9.17, 15) is 5.11 Å². The van der Waals surface area contributed by atoms with E-state index in [1.165, 1.54) is 9.13 Å². The Hall–Kier alpha value is -0.660. The van der Waals surface area contributed by atoms with Crippen LogP contribution in [-0.4, -0.2) is 36.2 Å². The van der Waals surface area contributed by atoms with Crippen LogP contribution < -0.4 is 0 Å². The van der Waals surface area contributed by atoms with Gasteiger partial charge in [0.05, 0.1) is 24.0 Å². The summed E-state index contributed by atoms with van der Waals surface area (Å²) in [5, 5.41) is 14.6. The molecule has 0 amide bonds. The van der Waals surface area contributed by atoms with Crippen LogP contribution in [0.5, 0.6) is 0 Å². The number of halogens is 1. The van der Waals surface area contributed by atoms with Gasteiger partial charge in [-0.05, 0) is 59.0 Å². The first-order valence-electron chi connectivity index (χ1n) is 7.83. The molecule has 2 fully saturated rings. The van der Waals surface area contributed by atoms with Crippen molar-refractivity contribution in [2.75, 3.05) is 7.11 Å². The fourth-order valence-electron chi connectivity index (χ4n) is 3.86. The zero-order valence-corrected chi connectivity index (χ0v) is 15.1. The second kappa shape index (κ2) is 6.84. The topological polar surface area (TPSA) is 51.0 Å². The zero-order valence-electron chi connectivity index (χ0n) is 12.9. The first-order valence-corrected chi connectivity index (χ1v) is 8.90. The summed E-state index contributed by atoms with van der Waals surface area (Å²) in [5.41, 5.74) is 2.28. The van der Waals surface area contributed by atoms with E-state index in [4.69, 9.17) is 9.57 Å². The van der Waals surface area contributed by atoms with E-state index >= 15 is 0 Å². The van der Waals surface area contributed by atoms with Crippen LogP contribution in [0.15, 0.2) is 29.4 Å². The first kappa shape index (κ1) is 16.2. The van der Waals surface area contributed by atoms with E-state index in [-0.39, 0.29) is 18.1 Å². The molecular weight excluding hydrogens is 393 g/mol. The van der Waals surface area contributed by atoms with Crippen LogP contribution in [0.3, 0.4) is 0 Å². The number of aliphatic hydroxyl groups is 1. The molecule has 5 heteroatoms. The molecule has 0 aliphatic carbocycles. The predicted octanol–water partition coefficient (Wildman–Crippen LogP) is 3.33. The first-order chi connectivity index (χ1) is 10.6.